The number of piperazine rings is 1. The third kappa shape index (κ3) is 3.84. The molecular weight excluding hydrogens is 406 g/mol. The fourth-order valence-corrected chi connectivity index (χ4v) is 4.97. The van der Waals surface area contributed by atoms with Gasteiger partial charge in [-0.25, -0.2) is 15.0 Å². The quantitative estimate of drug-likeness (QED) is 0.649. The molecule has 2 aliphatic rings. The van der Waals surface area contributed by atoms with Gasteiger partial charge in [-0.2, -0.15) is 0 Å². The maximum atomic E-state index is 9.23. The monoisotopic (exact) mass is 439 g/mol. The minimum Gasteiger partial charge on any atom is -0.432 e. The summed E-state index contributed by atoms with van der Waals surface area (Å²) in [6.45, 7) is 13.6. The molecule has 1 N–H and O–H groups in total. The van der Waals surface area contributed by atoms with Gasteiger partial charge in [-0.05, 0) is 31.7 Å². The zero-order valence-corrected chi connectivity index (χ0v) is 19.5. The van der Waals surface area contributed by atoms with Gasteiger partial charge in [-0.15, -0.1) is 0 Å². The van der Waals surface area contributed by atoms with Crippen molar-refractivity contribution in [2.24, 2.45) is 5.92 Å². The van der Waals surface area contributed by atoms with Crippen molar-refractivity contribution in [2.45, 2.75) is 52.7 Å². The van der Waals surface area contributed by atoms with Gasteiger partial charge in [0.25, 0.3) is 0 Å². The number of fused-ring (bicyclic) bond motifs is 5. The minimum atomic E-state index is -0.237. The molecule has 0 unspecified atom stereocenters. The lowest BCUT2D eigenvalue weighted by Gasteiger charge is -2.34. The molecule has 0 saturated carbocycles. The van der Waals surface area contributed by atoms with Crippen LogP contribution in [-0.4, -0.2) is 69.9 Å². The second-order valence-corrected chi connectivity index (χ2v) is 10.0. The number of hydrogen-bond acceptors (Lipinski definition) is 8. The average Bonchev–Trinajstić information content (AvgIpc) is 3.12. The highest BCUT2D eigenvalue weighted by atomic mass is 16.5. The molecule has 0 aromatic carbocycles. The Labute approximate surface area is 188 Å². The van der Waals surface area contributed by atoms with E-state index in [9.17, 15) is 5.11 Å². The first kappa shape index (κ1) is 21.6. The van der Waals surface area contributed by atoms with Crippen LogP contribution in [0.3, 0.4) is 0 Å². The van der Waals surface area contributed by atoms with Crippen molar-refractivity contribution >= 4 is 28.0 Å². The first-order valence-corrected chi connectivity index (χ1v) is 11.7. The van der Waals surface area contributed by atoms with Gasteiger partial charge >= 0.3 is 0 Å². The fourth-order valence-electron chi connectivity index (χ4n) is 4.97. The Bertz CT molecular complexity index is 1130. The zero-order valence-electron chi connectivity index (χ0n) is 19.5. The number of aliphatic hydroxyl groups is 1. The highest BCUT2D eigenvalue weighted by Crippen LogP contribution is 2.40. The first-order valence-electron chi connectivity index (χ1n) is 11.7. The summed E-state index contributed by atoms with van der Waals surface area (Å²) >= 11 is 0. The van der Waals surface area contributed by atoms with E-state index in [1.54, 1.807) is 6.33 Å². The smallest absolute Gasteiger partial charge is 0.229 e. The van der Waals surface area contributed by atoms with Gasteiger partial charge in [0.1, 0.15) is 11.8 Å². The summed E-state index contributed by atoms with van der Waals surface area (Å²) in [5.41, 5.74) is 5.53. The molecule has 0 bridgehead atoms. The summed E-state index contributed by atoms with van der Waals surface area (Å²) in [7, 11) is 0. The number of nitrogens with zero attached hydrogens (tertiary/aromatic N) is 5. The van der Waals surface area contributed by atoms with E-state index in [-0.39, 0.29) is 12.2 Å². The van der Waals surface area contributed by atoms with E-state index in [0.717, 1.165) is 67.0 Å². The Hall–Kier alpha value is -2.29. The Morgan fingerprint density at radius 2 is 1.91 bits per heavy atom. The van der Waals surface area contributed by atoms with Crippen LogP contribution in [0.1, 0.15) is 44.5 Å². The van der Waals surface area contributed by atoms with Crippen LogP contribution in [-0.2, 0) is 24.2 Å². The number of ether oxygens (including phenoxy) is 1. The molecule has 1 fully saturated rings. The molecule has 0 radical (unpaired) electrons. The number of aromatic nitrogens is 3. The molecular formula is C24H33N5O3. The van der Waals surface area contributed by atoms with E-state index in [2.05, 4.69) is 47.5 Å². The molecule has 0 aliphatic carbocycles. The summed E-state index contributed by atoms with van der Waals surface area (Å²) < 4.78 is 12.6. The second kappa shape index (κ2) is 8.24. The van der Waals surface area contributed by atoms with Crippen LogP contribution in [0.4, 0.5) is 5.82 Å². The third-order valence-electron chi connectivity index (χ3n) is 6.58. The van der Waals surface area contributed by atoms with Gasteiger partial charge in [0, 0.05) is 44.7 Å². The van der Waals surface area contributed by atoms with Gasteiger partial charge in [0.05, 0.1) is 29.9 Å². The van der Waals surface area contributed by atoms with E-state index < -0.39 is 0 Å². The summed E-state index contributed by atoms with van der Waals surface area (Å²) in [4.78, 5) is 18.8. The highest BCUT2D eigenvalue weighted by molar-refractivity contribution is 6.06. The number of rotatable bonds is 5. The number of anilines is 1. The second-order valence-electron chi connectivity index (χ2n) is 10.0. The number of hydrogen-bond donors (Lipinski definition) is 1. The topological polar surface area (TPSA) is 87.8 Å². The summed E-state index contributed by atoms with van der Waals surface area (Å²) in [5, 5.41) is 10.2. The van der Waals surface area contributed by atoms with Gasteiger partial charge < -0.3 is 19.2 Å². The largest absolute Gasteiger partial charge is 0.432 e. The maximum absolute atomic E-state index is 9.23. The SMILES string of the molecule is CC(C)Cc1nc2oc3c(N4CCN(CCO)CC4)ncnc3c2c2c1COC(C)(C)C2. The molecule has 5 rings (SSSR count). The van der Waals surface area contributed by atoms with Crippen LogP contribution in [0.2, 0.25) is 0 Å². The average molecular weight is 440 g/mol. The van der Waals surface area contributed by atoms with Crippen LogP contribution in [0.5, 0.6) is 0 Å². The molecule has 172 valence electrons. The summed E-state index contributed by atoms with van der Waals surface area (Å²) in [6.07, 6.45) is 3.34. The molecule has 0 atom stereocenters. The highest BCUT2D eigenvalue weighted by Gasteiger charge is 2.33. The number of aliphatic hydroxyl groups excluding tert-OH is 1. The van der Waals surface area contributed by atoms with Gasteiger partial charge in [-0.3, -0.25) is 4.90 Å². The van der Waals surface area contributed by atoms with Crippen molar-refractivity contribution in [3.63, 3.8) is 0 Å². The standard InChI is InChI=1S/C24H33N5O3/c1-15(2)11-18-17-13-31-24(3,4)12-16(17)19-20-21(32-23(19)27-18)22(26-14-25-20)29-7-5-28(6-8-29)9-10-30/h14-15,30H,5-13H2,1-4H3. The molecule has 0 spiro atoms. The van der Waals surface area contributed by atoms with Crippen molar-refractivity contribution in [3.05, 3.63) is 23.1 Å². The minimum absolute atomic E-state index is 0.191. The van der Waals surface area contributed by atoms with E-state index in [1.165, 1.54) is 11.1 Å². The summed E-state index contributed by atoms with van der Waals surface area (Å²) in [5.74, 6) is 1.33. The van der Waals surface area contributed by atoms with Crippen molar-refractivity contribution in [1.82, 2.24) is 19.9 Å². The van der Waals surface area contributed by atoms with E-state index >= 15 is 0 Å². The first-order chi connectivity index (χ1) is 15.4. The predicted octanol–water partition coefficient (Wildman–Crippen LogP) is 2.94. The molecule has 8 heteroatoms. The molecule has 3 aromatic heterocycles. The molecule has 2 aliphatic heterocycles. The Morgan fingerprint density at radius 1 is 1.12 bits per heavy atom. The third-order valence-corrected chi connectivity index (χ3v) is 6.58. The Kier molecular flexibility index (Phi) is 5.55. The van der Waals surface area contributed by atoms with Gasteiger partial charge in [-0.1, -0.05) is 13.8 Å². The van der Waals surface area contributed by atoms with Gasteiger partial charge in [0.2, 0.25) is 5.71 Å². The van der Waals surface area contributed by atoms with Crippen LogP contribution < -0.4 is 4.90 Å². The van der Waals surface area contributed by atoms with Gasteiger partial charge in [0.15, 0.2) is 11.4 Å². The molecule has 32 heavy (non-hydrogen) atoms. The normalized spacial score (nSPS) is 19.2. The molecule has 0 amide bonds. The van der Waals surface area contributed by atoms with Crippen molar-refractivity contribution in [1.29, 1.82) is 0 Å². The molecule has 1 saturated heterocycles. The predicted molar refractivity (Wildman–Crippen MR) is 124 cm³/mol. The van der Waals surface area contributed by atoms with Crippen LogP contribution in [0, 0.1) is 5.92 Å². The number of furan rings is 1. The Morgan fingerprint density at radius 3 is 2.62 bits per heavy atom. The van der Waals surface area contributed by atoms with Crippen LogP contribution in [0.15, 0.2) is 10.7 Å². The summed E-state index contributed by atoms with van der Waals surface area (Å²) in [6, 6.07) is 0. The number of β-amino-alcohol motifs (C(OH)–C–C–N with tert-alkyl or cyclic N) is 1. The van der Waals surface area contributed by atoms with E-state index in [4.69, 9.17) is 14.1 Å². The van der Waals surface area contributed by atoms with Crippen molar-refractivity contribution < 1.29 is 14.3 Å². The number of pyridine rings is 1. The maximum Gasteiger partial charge on any atom is 0.229 e. The molecule has 5 heterocycles. The fraction of sp³-hybridized carbons (Fsp3) is 0.625. The van der Waals surface area contributed by atoms with Crippen LogP contribution in [0.25, 0.3) is 22.2 Å². The lowest BCUT2D eigenvalue weighted by Crippen LogP contribution is -2.47. The van der Waals surface area contributed by atoms with E-state index in [1.807, 2.05) is 0 Å². The molecule has 3 aromatic rings. The van der Waals surface area contributed by atoms with Crippen molar-refractivity contribution in [2.75, 3.05) is 44.2 Å². The van der Waals surface area contributed by atoms with Crippen molar-refractivity contribution in [3.8, 4) is 0 Å². The lowest BCUT2D eigenvalue weighted by atomic mass is 9.88. The van der Waals surface area contributed by atoms with Crippen LogP contribution >= 0.6 is 0 Å². The van der Waals surface area contributed by atoms with E-state index in [0.29, 0.717) is 24.8 Å². The lowest BCUT2D eigenvalue weighted by molar-refractivity contribution is -0.0402. The Balaban J connectivity index is 1.63. The molecule has 8 nitrogen and oxygen atoms in total. The zero-order chi connectivity index (χ0) is 22.5.